The molecule has 1 nitrogen and oxygen atoms in total. The van der Waals surface area contributed by atoms with Gasteiger partial charge in [-0.2, -0.15) is 0 Å². The Morgan fingerprint density at radius 3 is 2.50 bits per heavy atom. The highest BCUT2D eigenvalue weighted by Gasteiger charge is 2.03. The first kappa shape index (κ1) is 11.2. The van der Waals surface area contributed by atoms with E-state index in [1.54, 1.807) is 0 Å². The van der Waals surface area contributed by atoms with Crippen molar-refractivity contribution < 1.29 is 0 Å². The molecule has 20 heavy (non-hydrogen) atoms. The molecule has 1 radical (unpaired) electrons. The Hall–Kier alpha value is -2.67. The standard InChI is InChI=1S/C19H12N/c1-2-6-14(7-3-1)15-10-11-16-13-20-19-9-5-4-8-17(19)18(16)12-15/h2-13H. The minimum absolute atomic E-state index is 1.04. The molecule has 0 saturated heterocycles. The van der Waals surface area contributed by atoms with Gasteiger partial charge in [0.15, 0.2) is 0 Å². The van der Waals surface area contributed by atoms with Crippen molar-refractivity contribution in [1.82, 2.24) is 4.98 Å². The van der Waals surface area contributed by atoms with Gasteiger partial charge < -0.3 is 0 Å². The van der Waals surface area contributed by atoms with Crippen LogP contribution in [-0.2, 0) is 0 Å². The lowest BCUT2D eigenvalue weighted by molar-refractivity contribution is 1.44. The lowest BCUT2D eigenvalue weighted by Crippen LogP contribution is -1.83. The molecule has 0 aliphatic carbocycles. The minimum atomic E-state index is 1.04. The third-order valence-corrected chi connectivity index (χ3v) is 3.64. The molecule has 3 aromatic carbocycles. The SMILES string of the molecule is [c]1ccc(-c2ccc3cnc4ccccc4c3c2)cc1. The van der Waals surface area contributed by atoms with Crippen LogP contribution in [0.4, 0.5) is 0 Å². The summed E-state index contributed by atoms with van der Waals surface area (Å²) < 4.78 is 0. The van der Waals surface area contributed by atoms with Crippen molar-refractivity contribution in [2.75, 3.05) is 0 Å². The van der Waals surface area contributed by atoms with E-state index >= 15 is 0 Å². The van der Waals surface area contributed by atoms with Gasteiger partial charge in [-0.1, -0.05) is 54.6 Å². The van der Waals surface area contributed by atoms with Crippen molar-refractivity contribution in [1.29, 1.82) is 0 Å². The third-order valence-electron chi connectivity index (χ3n) is 3.64. The Bertz CT molecular complexity index is 895. The molecule has 93 valence electrons. The van der Waals surface area contributed by atoms with Crippen molar-refractivity contribution >= 4 is 21.7 Å². The normalized spacial score (nSPS) is 11.0. The first-order chi connectivity index (χ1) is 9.92. The molecule has 1 aromatic heterocycles. The van der Waals surface area contributed by atoms with E-state index in [1.807, 2.05) is 24.4 Å². The molecule has 0 atom stereocenters. The van der Waals surface area contributed by atoms with Gasteiger partial charge in [0.2, 0.25) is 0 Å². The van der Waals surface area contributed by atoms with Crippen molar-refractivity contribution in [3.8, 4) is 11.1 Å². The van der Waals surface area contributed by atoms with Gasteiger partial charge in [0.25, 0.3) is 0 Å². The predicted octanol–water partition coefficient (Wildman–Crippen LogP) is 4.86. The summed E-state index contributed by atoms with van der Waals surface area (Å²) in [5, 5.41) is 3.63. The zero-order valence-corrected chi connectivity index (χ0v) is 10.9. The number of benzene rings is 3. The van der Waals surface area contributed by atoms with Crippen LogP contribution in [0.3, 0.4) is 0 Å². The molecule has 0 saturated carbocycles. The van der Waals surface area contributed by atoms with Gasteiger partial charge in [-0.25, -0.2) is 0 Å². The van der Waals surface area contributed by atoms with E-state index in [-0.39, 0.29) is 0 Å². The van der Waals surface area contributed by atoms with Crippen LogP contribution in [-0.4, -0.2) is 4.98 Å². The molecular weight excluding hydrogens is 242 g/mol. The summed E-state index contributed by atoms with van der Waals surface area (Å²) in [7, 11) is 0. The molecule has 0 unspecified atom stereocenters. The molecule has 0 spiro atoms. The summed E-state index contributed by atoms with van der Waals surface area (Å²) >= 11 is 0. The van der Waals surface area contributed by atoms with E-state index in [0.717, 1.165) is 5.52 Å². The maximum Gasteiger partial charge on any atom is 0.0708 e. The van der Waals surface area contributed by atoms with Crippen molar-refractivity contribution in [3.63, 3.8) is 0 Å². The second-order valence-corrected chi connectivity index (χ2v) is 4.87. The summed E-state index contributed by atoms with van der Waals surface area (Å²) in [6.07, 6.45) is 1.94. The van der Waals surface area contributed by atoms with E-state index in [1.165, 1.54) is 27.3 Å². The van der Waals surface area contributed by atoms with Crippen LogP contribution in [0.25, 0.3) is 32.8 Å². The summed E-state index contributed by atoms with van der Waals surface area (Å²) in [5.41, 5.74) is 3.48. The monoisotopic (exact) mass is 254 g/mol. The topological polar surface area (TPSA) is 12.9 Å². The van der Waals surface area contributed by atoms with Crippen LogP contribution in [0.2, 0.25) is 0 Å². The van der Waals surface area contributed by atoms with Gasteiger partial charge in [-0.05, 0) is 34.7 Å². The zero-order valence-electron chi connectivity index (χ0n) is 10.9. The van der Waals surface area contributed by atoms with Gasteiger partial charge in [0.05, 0.1) is 5.52 Å². The fourth-order valence-electron chi connectivity index (χ4n) is 2.61. The number of hydrogen-bond acceptors (Lipinski definition) is 1. The fraction of sp³-hybridized carbons (Fsp3) is 0. The highest BCUT2D eigenvalue weighted by atomic mass is 14.6. The van der Waals surface area contributed by atoms with E-state index in [2.05, 4.69) is 59.6 Å². The van der Waals surface area contributed by atoms with Crippen molar-refractivity contribution in [2.24, 2.45) is 0 Å². The maximum absolute atomic E-state index is 4.51. The summed E-state index contributed by atoms with van der Waals surface area (Å²) in [5.74, 6) is 0. The molecule has 0 fully saturated rings. The summed E-state index contributed by atoms with van der Waals surface area (Å²) in [6, 6.07) is 25.9. The number of aromatic nitrogens is 1. The smallest absolute Gasteiger partial charge is 0.0708 e. The molecule has 4 aromatic rings. The largest absolute Gasteiger partial charge is 0.256 e. The Kier molecular flexibility index (Phi) is 2.49. The lowest BCUT2D eigenvalue weighted by Gasteiger charge is -2.06. The number of hydrogen-bond donors (Lipinski definition) is 0. The fourth-order valence-corrected chi connectivity index (χ4v) is 2.61. The predicted molar refractivity (Wildman–Crippen MR) is 83.5 cm³/mol. The van der Waals surface area contributed by atoms with E-state index < -0.39 is 0 Å². The molecule has 0 aliphatic heterocycles. The van der Waals surface area contributed by atoms with Gasteiger partial charge >= 0.3 is 0 Å². The van der Waals surface area contributed by atoms with Crippen LogP contribution >= 0.6 is 0 Å². The molecular formula is C19H12N. The Morgan fingerprint density at radius 2 is 1.60 bits per heavy atom. The highest BCUT2D eigenvalue weighted by Crippen LogP contribution is 2.28. The van der Waals surface area contributed by atoms with Gasteiger partial charge in [-0.3, -0.25) is 4.98 Å². The van der Waals surface area contributed by atoms with Crippen LogP contribution in [0, 0.1) is 6.07 Å². The second-order valence-electron chi connectivity index (χ2n) is 4.87. The molecule has 1 heterocycles. The second kappa shape index (κ2) is 4.46. The molecule has 1 heteroatoms. The Morgan fingerprint density at radius 1 is 0.750 bits per heavy atom. The molecule has 0 N–H and O–H groups in total. The summed E-state index contributed by atoms with van der Waals surface area (Å²) in [4.78, 5) is 4.51. The summed E-state index contributed by atoms with van der Waals surface area (Å²) in [6.45, 7) is 0. The van der Waals surface area contributed by atoms with E-state index in [9.17, 15) is 0 Å². The lowest BCUT2D eigenvalue weighted by atomic mass is 10.00. The van der Waals surface area contributed by atoms with Crippen LogP contribution in [0.5, 0.6) is 0 Å². The Labute approximate surface area is 117 Å². The van der Waals surface area contributed by atoms with Gasteiger partial charge in [0.1, 0.15) is 0 Å². The van der Waals surface area contributed by atoms with Gasteiger partial charge in [-0.15, -0.1) is 0 Å². The minimum Gasteiger partial charge on any atom is -0.256 e. The van der Waals surface area contributed by atoms with Crippen LogP contribution in [0.1, 0.15) is 0 Å². The van der Waals surface area contributed by atoms with Crippen molar-refractivity contribution in [2.45, 2.75) is 0 Å². The number of rotatable bonds is 1. The highest BCUT2D eigenvalue weighted by molar-refractivity contribution is 6.06. The molecule has 4 rings (SSSR count). The Balaban J connectivity index is 2.05. The number of para-hydroxylation sites is 1. The van der Waals surface area contributed by atoms with Crippen LogP contribution in [0.15, 0.2) is 72.9 Å². The van der Waals surface area contributed by atoms with Crippen LogP contribution < -0.4 is 0 Å². The van der Waals surface area contributed by atoms with E-state index in [4.69, 9.17) is 0 Å². The first-order valence-electron chi connectivity index (χ1n) is 6.66. The number of nitrogens with zero attached hydrogens (tertiary/aromatic N) is 1. The molecule has 0 aliphatic rings. The average molecular weight is 254 g/mol. The quantitative estimate of drug-likeness (QED) is 0.442. The maximum atomic E-state index is 4.51. The van der Waals surface area contributed by atoms with Crippen molar-refractivity contribution in [3.05, 3.63) is 79.0 Å². The zero-order chi connectivity index (χ0) is 13.4. The average Bonchev–Trinajstić information content (AvgIpc) is 2.55. The van der Waals surface area contributed by atoms with Gasteiger partial charge in [0, 0.05) is 17.0 Å². The third kappa shape index (κ3) is 1.76. The number of pyridine rings is 1. The first-order valence-corrected chi connectivity index (χ1v) is 6.66. The number of fused-ring (bicyclic) bond motifs is 3. The molecule has 0 bridgehead atoms. The van der Waals surface area contributed by atoms with E-state index in [0.29, 0.717) is 0 Å². The molecule has 0 amide bonds.